The molecule has 0 fully saturated rings. The predicted molar refractivity (Wildman–Crippen MR) is 144 cm³/mol. The van der Waals surface area contributed by atoms with E-state index < -0.39 is 21.4 Å². The van der Waals surface area contributed by atoms with Crippen molar-refractivity contribution in [1.29, 1.82) is 0 Å². The number of aliphatic imine (C=N–C) groups is 1. The smallest absolute Gasteiger partial charge is 0.243 e. The SMILES string of the molecule is COc1cccc(O)c1-n1c(NS(=O)(=O)[C@@H](C)[C@H](OC)c2ncc(C)cn2)nnc1C1=C=C=CC(N(C)C)=N1. The monoisotopic (exact) mass is 552 g/mol. The number of nitrogens with one attached hydrogen (secondary N) is 1. The fourth-order valence-electron chi connectivity index (χ4n) is 3.73. The van der Waals surface area contributed by atoms with Crippen LogP contribution in [0.3, 0.4) is 0 Å². The molecular formula is C25H28N8O5S. The number of ether oxygens (including phenoxy) is 2. The number of hydrogen-bond acceptors (Lipinski definition) is 11. The van der Waals surface area contributed by atoms with E-state index in [9.17, 15) is 13.5 Å². The van der Waals surface area contributed by atoms with E-state index in [4.69, 9.17) is 9.47 Å². The summed E-state index contributed by atoms with van der Waals surface area (Å²) in [5.41, 5.74) is 6.88. The number of hydrogen-bond donors (Lipinski definition) is 2. The lowest BCUT2D eigenvalue weighted by Crippen LogP contribution is -2.33. The van der Waals surface area contributed by atoms with Gasteiger partial charge < -0.3 is 19.5 Å². The molecule has 2 aromatic heterocycles. The molecule has 1 aliphatic rings. The van der Waals surface area contributed by atoms with Crippen LogP contribution in [0.5, 0.6) is 11.5 Å². The van der Waals surface area contributed by atoms with Gasteiger partial charge in [-0.25, -0.2) is 23.4 Å². The van der Waals surface area contributed by atoms with Crippen molar-refractivity contribution in [2.75, 3.05) is 33.0 Å². The number of nitrogens with zero attached hydrogens (tertiary/aromatic N) is 7. The Bertz CT molecular complexity index is 1620. The van der Waals surface area contributed by atoms with E-state index in [1.54, 1.807) is 35.5 Å². The Morgan fingerprint density at radius 1 is 1.15 bits per heavy atom. The second-order valence-electron chi connectivity index (χ2n) is 8.76. The first-order valence-electron chi connectivity index (χ1n) is 11.7. The van der Waals surface area contributed by atoms with Crippen LogP contribution in [0.25, 0.3) is 11.4 Å². The summed E-state index contributed by atoms with van der Waals surface area (Å²) in [6.07, 6.45) is 3.81. The van der Waals surface area contributed by atoms with Crippen molar-refractivity contribution in [3.8, 4) is 17.2 Å². The van der Waals surface area contributed by atoms with Gasteiger partial charge in [0.05, 0.1) is 7.11 Å². The van der Waals surface area contributed by atoms with Crippen LogP contribution in [-0.2, 0) is 14.8 Å². The highest BCUT2D eigenvalue weighted by atomic mass is 32.2. The van der Waals surface area contributed by atoms with Crippen molar-refractivity contribution in [3.05, 3.63) is 65.3 Å². The highest BCUT2D eigenvalue weighted by molar-refractivity contribution is 7.93. The molecule has 0 radical (unpaired) electrons. The standard InChI is InChI=1S/C25H28N8O5S/c1-15-13-26-23(27-14-15)22(38-6)16(2)39(35,36)31-25-30-29-24(17-9-7-12-20(28-17)32(3)4)33(25)21-18(34)10-8-11-19(21)37-5/h8,10-14,16,22,34H,1-6H3,(H,30,31)/t16-,22-/m0/s1. The Kier molecular flexibility index (Phi) is 7.84. The van der Waals surface area contributed by atoms with Crippen molar-refractivity contribution in [2.45, 2.75) is 25.2 Å². The minimum atomic E-state index is -4.18. The number of rotatable bonds is 9. The topological polar surface area (TPSA) is 157 Å². The fourth-order valence-corrected chi connectivity index (χ4v) is 4.86. The molecule has 1 aliphatic heterocycles. The lowest BCUT2D eigenvalue weighted by Gasteiger charge is -2.22. The van der Waals surface area contributed by atoms with Crippen molar-refractivity contribution < 1.29 is 23.0 Å². The first kappa shape index (κ1) is 27.6. The summed E-state index contributed by atoms with van der Waals surface area (Å²) in [6.45, 7) is 3.29. The molecule has 0 bridgehead atoms. The molecule has 204 valence electrons. The molecular weight excluding hydrogens is 524 g/mol. The number of methoxy groups -OCH3 is 2. The summed E-state index contributed by atoms with van der Waals surface area (Å²) in [7, 11) is 2.23. The summed E-state index contributed by atoms with van der Waals surface area (Å²) in [5, 5.41) is 17.9. The van der Waals surface area contributed by atoms with Crippen LogP contribution in [0, 0.1) is 6.92 Å². The average molecular weight is 553 g/mol. The van der Waals surface area contributed by atoms with E-state index in [2.05, 4.69) is 41.3 Å². The quantitative estimate of drug-likeness (QED) is 0.377. The molecule has 3 aromatic rings. The molecule has 0 amide bonds. The molecule has 3 heterocycles. The first-order chi connectivity index (χ1) is 18.6. The van der Waals surface area contributed by atoms with Crippen LogP contribution < -0.4 is 9.46 Å². The molecule has 2 atom stereocenters. The number of anilines is 1. The Morgan fingerprint density at radius 2 is 1.87 bits per heavy atom. The molecule has 0 unspecified atom stereocenters. The van der Waals surface area contributed by atoms with Gasteiger partial charge in [0, 0.05) is 39.7 Å². The molecule has 0 saturated carbocycles. The van der Waals surface area contributed by atoms with Crippen LogP contribution in [-0.4, -0.2) is 82.6 Å². The molecule has 14 heteroatoms. The minimum absolute atomic E-state index is 0.0882. The van der Waals surface area contributed by atoms with Gasteiger partial charge in [0.1, 0.15) is 34.4 Å². The van der Waals surface area contributed by atoms with Crippen LogP contribution in [0.2, 0.25) is 0 Å². The van der Waals surface area contributed by atoms with E-state index in [0.717, 1.165) is 5.56 Å². The normalized spacial score (nSPS) is 14.4. The highest BCUT2D eigenvalue weighted by Gasteiger charge is 2.35. The van der Waals surface area contributed by atoms with Crippen LogP contribution >= 0.6 is 0 Å². The number of sulfonamides is 1. The average Bonchev–Trinajstić information content (AvgIpc) is 3.32. The lowest BCUT2D eigenvalue weighted by molar-refractivity contribution is 0.0949. The van der Waals surface area contributed by atoms with Gasteiger partial charge in [0.25, 0.3) is 0 Å². The zero-order valence-electron chi connectivity index (χ0n) is 22.2. The third kappa shape index (κ3) is 5.54. The van der Waals surface area contributed by atoms with Gasteiger partial charge in [-0.05, 0) is 37.3 Å². The highest BCUT2D eigenvalue weighted by Crippen LogP contribution is 2.36. The Hall–Kier alpha value is -4.48. The van der Waals surface area contributed by atoms with E-state index in [0.29, 0.717) is 5.84 Å². The van der Waals surface area contributed by atoms with Crippen molar-refractivity contribution >= 4 is 27.5 Å². The maximum absolute atomic E-state index is 13.6. The largest absolute Gasteiger partial charge is 0.506 e. The number of amidine groups is 1. The number of phenolic OH excluding ortho intramolecular Hbond substituents is 1. The number of phenols is 1. The zero-order valence-corrected chi connectivity index (χ0v) is 23.1. The molecule has 1 aromatic carbocycles. The molecule has 0 spiro atoms. The third-order valence-corrected chi connectivity index (χ3v) is 7.52. The number of likely N-dealkylation sites (N-methyl/N-ethyl adjacent to an activating group) is 1. The fraction of sp³-hybridized carbons (Fsp3) is 0.320. The van der Waals surface area contributed by atoms with Crippen LogP contribution in [0.1, 0.15) is 30.2 Å². The summed E-state index contributed by atoms with van der Waals surface area (Å²) in [6, 6.07) is 4.62. The summed E-state index contributed by atoms with van der Waals surface area (Å²) in [4.78, 5) is 14.7. The molecule has 0 aliphatic carbocycles. The summed E-state index contributed by atoms with van der Waals surface area (Å²) < 4.78 is 41.9. The second kappa shape index (κ2) is 11.1. The van der Waals surface area contributed by atoms with E-state index in [-0.39, 0.29) is 40.5 Å². The Morgan fingerprint density at radius 3 is 2.51 bits per heavy atom. The number of aromatic hydroxyl groups is 1. The van der Waals surface area contributed by atoms with E-state index >= 15 is 0 Å². The van der Waals surface area contributed by atoms with Gasteiger partial charge >= 0.3 is 0 Å². The van der Waals surface area contributed by atoms with Crippen LogP contribution in [0.4, 0.5) is 5.95 Å². The van der Waals surface area contributed by atoms with Gasteiger partial charge in [0.15, 0.2) is 17.3 Å². The maximum atomic E-state index is 13.6. The molecule has 39 heavy (non-hydrogen) atoms. The molecule has 2 N–H and O–H groups in total. The van der Waals surface area contributed by atoms with Gasteiger partial charge in [-0.1, -0.05) is 11.8 Å². The minimum Gasteiger partial charge on any atom is -0.506 e. The number of aryl methyl sites for hydroxylation is 1. The van der Waals surface area contributed by atoms with Crippen molar-refractivity contribution in [2.24, 2.45) is 4.99 Å². The van der Waals surface area contributed by atoms with Gasteiger partial charge in [-0.15, -0.1) is 10.2 Å². The third-order valence-electron chi connectivity index (χ3n) is 5.83. The van der Waals surface area contributed by atoms with Gasteiger partial charge in [0.2, 0.25) is 16.0 Å². The van der Waals surface area contributed by atoms with Crippen molar-refractivity contribution in [1.82, 2.24) is 29.6 Å². The van der Waals surface area contributed by atoms with Crippen molar-refractivity contribution in [3.63, 3.8) is 0 Å². The lowest BCUT2D eigenvalue weighted by atomic mass is 10.2. The maximum Gasteiger partial charge on any atom is 0.243 e. The Balaban J connectivity index is 1.84. The van der Waals surface area contributed by atoms with Crippen LogP contribution in [0.15, 0.2) is 53.1 Å². The second-order valence-corrected chi connectivity index (χ2v) is 10.8. The number of para-hydroxylation sites is 1. The molecule has 0 saturated heterocycles. The summed E-state index contributed by atoms with van der Waals surface area (Å²) in [5.74, 6) is 0.659. The molecule has 13 nitrogen and oxygen atoms in total. The molecule has 4 rings (SSSR count). The predicted octanol–water partition coefficient (Wildman–Crippen LogP) is 2.22. The van der Waals surface area contributed by atoms with Gasteiger partial charge in [-0.3, -0.25) is 9.29 Å². The number of benzene rings is 1. The first-order valence-corrected chi connectivity index (χ1v) is 13.2. The zero-order chi connectivity index (χ0) is 28.3. The Labute approximate surface area is 225 Å². The van der Waals surface area contributed by atoms with E-state index in [1.165, 1.54) is 31.8 Å². The van der Waals surface area contributed by atoms with E-state index in [1.807, 2.05) is 21.0 Å². The summed E-state index contributed by atoms with van der Waals surface area (Å²) >= 11 is 0. The van der Waals surface area contributed by atoms with Gasteiger partial charge in [-0.2, -0.15) is 0 Å². The number of aromatic nitrogens is 5.